The maximum Gasteiger partial charge on any atom is 0.269 e. The van der Waals surface area contributed by atoms with Crippen LogP contribution in [0.4, 0.5) is 11.4 Å². The number of benzene rings is 2. The second-order valence-corrected chi connectivity index (χ2v) is 5.15. The summed E-state index contributed by atoms with van der Waals surface area (Å²) in [6, 6.07) is 11.9. The number of amides is 1. The Morgan fingerprint density at radius 1 is 1.22 bits per heavy atom. The first-order chi connectivity index (χ1) is 11.0. The number of methoxy groups -OCH3 is 1. The van der Waals surface area contributed by atoms with Crippen LogP contribution in [0.3, 0.4) is 0 Å². The fraction of sp³-hybridized carbons (Fsp3) is 0.235. The van der Waals surface area contributed by atoms with E-state index in [2.05, 4.69) is 5.32 Å². The summed E-state index contributed by atoms with van der Waals surface area (Å²) in [5, 5.41) is 13.5. The van der Waals surface area contributed by atoms with E-state index in [1.165, 1.54) is 12.1 Å². The van der Waals surface area contributed by atoms with Crippen molar-refractivity contribution >= 4 is 17.3 Å². The molecule has 2 aromatic carbocycles. The van der Waals surface area contributed by atoms with Crippen molar-refractivity contribution in [1.82, 2.24) is 0 Å². The lowest BCUT2D eigenvalue weighted by molar-refractivity contribution is -0.384. The van der Waals surface area contributed by atoms with Crippen LogP contribution in [0, 0.1) is 17.0 Å². The number of aryl methyl sites for hydroxylation is 2. The van der Waals surface area contributed by atoms with E-state index in [1.807, 2.05) is 24.3 Å². The third-order valence-electron chi connectivity index (χ3n) is 3.49. The summed E-state index contributed by atoms with van der Waals surface area (Å²) in [4.78, 5) is 22.3. The van der Waals surface area contributed by atoms with Crippen molar-refractivity contribution < 1.29 is 14.5 Å². The van der Waals surface area contributed by atoms with Crippen LogP contribution >= 0.6 is 0 Å². The van der Waals surface area contributed by atoms with Crippen LogP contribution < -0.4 is 10.1 Å². The monoisotopic (exact) mass is 314 g/mol. The first-order valence-electron chi connectivity index (χ1n) is 7.17. The minimum atomic E-state index is -0.456. The molecular weight excluding hydrogens is 296 g/mol. The van der Waals surface area contributed by atoms with Crippen molar-refractivity contribution in [3.8, 4) is 5.75 Å². The fourth-order valence-corrected chi connectivity index (χ4v) is 2.16. The lowest BCUT2D eigenvalue weighted by atomic mass is 10.1. The number of carbonyl (C=O) groups excluding carboxylic acids is 1. The number of hydrogen-bond donors (Lipinski definition) is 1. The number of non-ortho nitro benzene ring substituents is 1. The highest BCUT2D eigenvalue weighted by Crippen LogP contribution is 2.21. The standard InChI is InChI=1S/C17H18N2O4/c1-12-11-14(19(21)22)6-9-16(12)18-17(20)10-5-13-3-7-15(23-2)8-4-13/h3-4,6-9,11H,5,10H2,1-2H3,(H,18,20). The molecule has 0 aliphatic carbocycles. The molecule has 0 radical (unpaired) electrons. The molecule has 6 nitrogen and oxygen atoms in total. The molecule has 0 saturated heterocycles. The van der Waals surface area contributed by atoms with E-state index in [1.54, 1.807) is 20.1 Å². The lowest BCUT2D eigenvalue weighted by Gasteiger charge is -2.08. The summed E-state index contributed by atoms with van der Waals surface area (Å²) in [5.74, 6) is 0.650. The summed E-state index contributed by atoms with van der Waals surface area (Å²) in [6.45, 7) is 1.73. The van der Waals surface area contributed by atoms with Crippen molar-refractivity contribution in [2.24, 2.45) is 0 Å². The van der Waals surface area contributed by atoms with Gasteiger partial charge in [-0.1, -0.05) is 12.1 Å². The number of nitro groups is 1. The quantitative estimate of drug-likeness (QED) is 0.653. The van der Waals surface area contributed by atoms with Crippen molar-refractivity contribution in [3.63, 3.8) is 0 Å². The van der Waals surface area contributed by atoms with Crippen molar-refractivity contribution in [2.45, 2.75) is 19.8 Å². The van der Waals surface area contributed by atoms with Crippen LogP contribution in [0.5, 0.6) is 5.75 Å². The zero-order chi connectivity index (χ0) is 16.8. The Morgan fingerprint density at radius 3 is 2.48 bits per heavy atom. The number of nitrogens with zero attached hydrogens (tertiary/aromatic N) is 1. The number of anilines is 1. The molecular formula is C17H18N2O4. The maximum atomic E-state index is 12.0. The largest absolute Gasteiger partial charge is 0.497 e. The van der Waals surface area contributed by atoms with Crippen molar-refractivity contribution in [1.29, 1.82) is 0 Å². The number of nitro benzene ring substituents is 1. The van der Waals surface area contributed by atoms with Crippen LogP contribution in [0.25, 0.3) is 0 Å². The molecule has 1 N–H and O–H groups in total. The first kappa shape index (κ1) is 16.5. The van der Waals surface area contributed by atoms with Crippen LogP contribution in [0.1, 0.15) is 17.5 Å². The highest BCUT2D eigenvalue weighted by Gasteiger charge is 2.10. The van der Waals surface area contributed by atoms with Gasteiger partial charge in [-0.2, -0.15) is 0 Å². The minimum absolute atomic E-state index is 0.0127. The number of hydrogen-bond acceptors (Lipinski definition) is 4. The Kier molecular flexibility index (Phi) is 5.30. The third-order valence-corrected chi connectivity index (χ3v) is 3.49. The van der Waals surface area contributed by atoms with Gasteiger partial charge in [-0.25, -0.2) is 0 Å². The summed E-state index contributed by atoms with van der Waals surface area (Å²) in [5.41, 5.74) is 2.31. The fourth-order valence-electron chi connectivity index (χ4n) is 2.16. The predicted octanol–water partition coefficient (Wildman–Crippen LogP) is 3.48. The molecule has 0 fully saturated rings. The zero-order valence-corrected chi connectivity index (χ0v) is 13.0. The van der Waals surface area contributed by atoms with E-state index in [-0.39, 0.29) is 11.6 Å². The van der Waals surface area contributed by atoms with E-state index in [0.717, 1.165) is 11.3 Å². The second-order valence-electron chi connectivity index (χ2n) is 5.15. The van der Waals surface area contributed by atoms with Gasteiger partial charge >= 0.3 is 0 Å². The molecule has 0 heterocycles. The van der Waals surface area contributed by atoms with E-state index in [9.17, 15) is 14.9 Å². The first-order valence-corrected chi connectivity index (χ1v) is 7.17. The molecule has 2 rings (SSSR count). The SMILES string of the molecule is COc1ccc(CCC(=O)Nc2ccc([N+](=O)[O-])cc2C)cc1. The predicted molar refractivity (Wildman–Crippen MR) is 87.8 cm³/mol. The average Bonchev–Trinajstić information content (AvgIpc) is 2.55. The molecule has 2 aromatic rings. The highest BCUT2D eigenvalue weighted by molar-refractivity contribution is 5.91. The summed E-state index contributed by atoms with van der Waals surface area (Å²) in [7, 11) is 1.61. The van der Waals surface area contributed by atoms with Crippen LogP contribution in [0.15, 0.2) is 42.5 Å². The molecule has 0 unspecified atom stereocenters. The van der Waals surface area contributed by atoms with Gasteiger partial charge in [0.05, 0.1) is 12.0 Å². The molecule has 0 bridgehead atoms. The van der Waals surface area contributed by atoms with Crippen molar-refractivity contribution in [3.05, 3.63) is 63.7 Å². The van der Waals surface area contributed by atoms with E-state index >= 15 is 0 Å². The molecule has 1 amide bonds. The van der Waals surface area contributed by atoms with Gasteiger partial charge in [0, 0.05) is 24.2 Å². The Bertz CT molecular complexity index is 711. The van der Waals surface area contributed by atoms with Gasteiger partial charge in [-0.05, 0) is 42.7 Å². The smallest absolute Gasteiger partial charge is 0.269 e. The van der Waals surface area contributed by atoms with Gasteiger partial charge in [-0.3, -0.25) is 14.9 Å². The molecule has 23 heavy (non-hydrogen) atoms. The Labute approximate surface area is 134 Å². The average molecular weight is 314 g/mol. The molecule has 0 atom stereocenters. The lowest BCUT2D eigenvalue weighted by Crippen LogP contribution is -2.13. The normalized spacial score (nSPS) is 10.2. The molecule has 6 heteroatoms. The van der Waals surface area contributed by atoms with Gasteiger partial charge in [-0.15, -0.1) is 0 Å². The molecule has 0 spiro atoms. The number of nitrogens with one attached hydrogen (secondary N) is 1. The van der Waals surface area contributed by atoms with E-state index in [4.69, 9.17) is 4.74 Å². The van der Waals surface area contributed by atoms with Gasteiger partial charge < -0.3 is 10.1 Å². The van der Waals surface area contributed by atoms with Crippen molar-refractivity contribution in [2.75, 3.05) is 12.4 Å². The topological polar surface area (TPSA) is 81.5 Å². The zero-order valence-electron chi connectivity index (χ0n) is 13.0. The number of rotatable bonds is 6. The molecule has 0 aromatic heterocycles. The van der Waals surface area contributed by atoms with E-state index < -0.39 is 4.92 Å². The van der Waals surface area contributed by atoms with Crippen LogP contribution in [-0.4, -0.2) is 17.9 Å². The van der Waals surface area contributed by atoms with E-state index in [0.29, 0.717) is 24.1 Å². The minimum Gasteiger partial charge on any atom is -0.497 e. The summed E-state index contributed by atoms with van der Waals surface area (Å²) >= 11 is 0. The maximum absolute atomic E-state index is 12.0. The Morgan fingerprint density at radius 2 is 1.91 bits per heavy atom. The van der Waals surface area contributed by atoms with Gasteiger partial charge in [0.15, 0.2) is 0 Å². The van der Waals surface area contributed by atoms with Gasteiger partial charge in [0.1, 0.15) is 5.75 Å². The summed E-state index contributed by atoms with van der Waals surface area (Å²) in [6.07, 6.45) is 0.949. The summed E-state index contributed by atoms with van der Waals surface area (Å²) < 4.78 is 5.09. The van der Waals surface area contributed by atoms with Crippen LogP contribution in [0.2, 0.25) is 0 Å². The highest BCUT2D eigenvalue weighted by atomic mass is 16.6. The molecule has 0 aliphatic rings. The molecule has 0 aliphatic heterocycles. The number of carbonyl (C=O) groups is 1. The second kappa shape index (κ2) is 7.40. The molecule has 0 saturated carbocycles. The van der Waals surface area contributed by atoms with Gasteiger partial charge in [0.25, 0.3) is 5.69 Å². The Hall–Kier alpha value is -2.89. The van der Waals surface area contributed by atoms with Gasteiger partial charge in [0.2, 0.25) is 5.91 Å². The van der Waals surface area contributed by atoms with Crippen LogP contribution in [-0.2, 0) is 11.2 Å². The number of ether oxygens (including phenoxy) is 1. The third kappa shape index (κ3) is 4.54. The molecule has 120 valence electrons. The Balaban J connectivity index is 1.92.